The summed E-state index contributed by atoms with van der Waals surface area (Å²) in [7, 11) is -3.82. The van der Waals surface area contributed by atoms with Crippen molar-refractivity contribution in [2.24, 2.45) is 0 Å². The largest absolute Gasteiger partial charge is 0.506 e. The Kier molecular flexibility index (Phi) is 3.67. The van der Waals surface area contributed by atoms with Crippen LogP contribution in [0.5, 0.6) is 5.75 Å². The molecule has 0 spiro atoms. The first-order valence-electron chi connectivity index (χ1n) is 5.88. The van der Waals surface area contributed by atoms with Crippen molar-refractivity contribution in [3.05, 3.63) is 53.3 Å². The smallest absolute Gasteiger partial charge is 0.262 e. The average molecular weight is 295 g/mol. The second-order valence-electron chi connectivity index (χ2n) is 4.51. The maximum absolute atomic E-state index is 12.9. The minimum Gasteiger partial charge on any atom is -0.506 e. The maximum atomic E-state index is 12.9. The second-order valence-corrected chi connectivity index (χ2v) is 6.20. The highest BCUT2D eigenvalue weighted by atomic mass is 32.2. The van der Waals surface area contributed by atoms with E-state index in [4.69, 9.17) is 0 Å². The lowest BCUT2D eigenvalue weighted by Crippen LogP contribution is -2.13. The van der Waals surface area contributed by atoms with Crippen LogP contribution in [-0.2, 0) is 10.0 Å². The Morgan fingerprint density at radius 2 is 1.75 bits per heavy atom. The molecule has 0 atom stereocenters. The molecule has 2 N–H and O–H groups in total. The fourth-order valence-electron chi connectivity index (χ4n) is 1.68. The number of hydrogen-bond donors (Lipinski definition) is 2. The van der Waals surface area contributed by atoms with Gasteiger partial charge in [-0.1, -0.05) is 6.07 Å². The molecule has 0 saturated heterocycles. The molecule has 4 nitrogen and oxygen atoms in total. The minimum atomic E-state index is -3.82. The molecule has 0 saturated carbocycles. The summed E-state index contributed by atoms with van der Waals surface area (Å²) in [6, 6.07) is 7.80. The van der Waals surface area contributed by atoms with E-state index in [1.165, 1.54) is 18.2 Å². The molecule has 0 unspecified atom stereocenters. The average Bonchev–Trinajstić information content (AvgIpc) is 2.36. The van der Waals surface area contributed by atoms with Gasteiger partial charge in [-0.15, -0.1) is 0 Å². The first-order chi connectivity index (χ1) is 9.29. The number of aryl methyl sites for hydroxylation is 2. The van der Waals surface area contributed by atoms with E-state index in [1.54, 1.807) is 6.07 Å². The number of sulfonamides is 1. The summed E-state index contributed by atoms with van der Waals surface area (Å²) in [4.78, 5) is 0.0873. The van der Waals surface area contributed by atoms with E-state index in [-0.39, 0.29) is 10.6 Å². The molecule has 2 aromatic rings. The van der Waals surface area contributed by atoms with Crippen molar-refractivity contribution in [2.45, 2.75) is 18.7 Å². The van der Waals surface area contributed by atoms with E-state index in [1.807, 2.05) is 13.8 Å². The van der Waals surface area contributed by atoms with Crippen molar-refractivity contribution in [2.75, 3.05) is 4.72 Å². The lowest BCUT2D eigenvalue weighted by Gasteiger charge is -2.11. The van der Waals surface area contributed by atoms with Crippen LogP contribution >= 0.6 is 0 Å². The van der Waals surface area contributed by atoms with Gasteiger partial charge in [0.05, 0.1) is 10.6 Å². The number of rotatable bonds is 3. The van der Waals surface area contributed by atoms with Crippen LogP contribution in [0.25, 0.3) is 0 Å². The molecule has 0 radical (unpaired) electrons. The summed E-state index contributed by atoms with van der Waals surface area (Å²) < 4.78 is 39.5. The molecule has 106 valence electrons. The normalized spacial score (nSPS) is 11.3. The Labute approximate surface area is 116 Å². The standard InChI is InChI=1S/C14H14FNO3S/c1-9-3-5-12(7-10(9)2)20(18,19)16-13-6-4-11(15)8-14(13)17/h3-8,16-17H,1-2H3. The fraction of sp³-hybridized carbons (Fsp3) is 0.143. The van der Waals surface area contributed by atoms with E-state index in [2.05, 4.69) is 4.72 Å². The number of anilines is 1. The van der Waals surface area contributed by atoms with Gasteiger partial charge in [-0.3, -0.25) is 4.72 Å². The van der Waals surface area contributed by atoms with Crippen molar-refractivity contribution < 1.29 is 17.9 Å². The van der Waals surface area contributed by atoms with E-state index < -0.39 is 21.6 Å². The number of nitrogens with one attached hydrogen (secondary N) is 1. The molecule has 0 fully saturated rings. The van der Waals surface area contributed by atoms with Crippen molar-refractivity contribution in [3.8, 4) is 5.75 Å². The first-order valence-corrected chi connectivity index (χ1v) is 7.36. The molecule has 0 aromatic heterocycles. The van der Waals surface area contributed by atoms with Crippen molar-refractivity contribution in [1.82, 2.24) is 0 Å². The zero-order valence-corrected chi connectivity index (χ0v) is 11.8. The highest BCUT2D eigenvalue weighted by Gasteiger charge is 2.16. The first kappa shape index (κ1) is 14.3. The Morgan fingerprint density at radius 1 is 1.05 bits per heavy atom. The van der Waals surface area contributed by atoms with E-state index in [0.29, 0.717) is 0 Å². The Balaban J connectivity index is 2.38. The summed E-state index contributed by atoms with van der Waals surface area (Å²) in [6.45, 7) is 3.69. The fourth-order valence-corrected chi connectivity index (χ4v) is 2.83. The van der Waals surface area contributed by atoms with Crippen molar-refractivity contribution >= 4 is 15.7 Å². The molecule has 0 bridgehead atoms. The molecule has 0 heterocycles. The van der Waals surface area contributed by atoms with Crippen LogP contribution in [0.1, 0.15) is 11.1 Å². The lowest BCUT2D eigenvalue weighted by molar-refractivity contribution is 0.471. The number of phenolic OH excluding ortho intramolecular Hbond substituents is 1. The van der Waals surface area contributed by atoms with Gasteiger partial charge < -0.3 is 5.11 Å². The van der Waals surface area contributed by atoms with Gasteiger partial charge in [0, 0.05) is 6.07 Å². The zero-order chi connectivity index (χ0) is 14.9. The predicted octanol–water partition coefficient (Wildman–Crippen LogP) is 2.95. The third-order valence-electron chi connectivity index (χ3n) is 2.99. The third kappa shape index (κ3) is 2.91. The molecule has 2 rings (SSSR count). The number of aromatic hydroxyl groups is 1. The lowest BCUT2D eigenvalue weighted by atomic mass is 10.1. The van der Waals surface area contributed by atoms with Crippen LogP contribution in [-0.4, -0.2) is 13.5 Å². The van der Waals surface area contributed by atoms with Gasteiger partial charge in [0.2, 0.25) is 0 Å². The van der Waals surface area contributed by atoms with Crippen LogP contribution in [0.2, 0.25) is 0 Å². The van der Waals surface area contributed by atoms with Crippen molar-refractivity contribution in [1.29, 1.82) is 0 Å². The van der Waals surface area contributed by atoms with Crippen molar-refractivity contribution in [3.63, 3.8) is 0 Å². The van der Waals surface area contributed by atoms with Gasteiger partial charge in [0.25, 0.3) is 10.0 Å². The van der Waals surface area contributed by atoms with Gasteiger partial charge in [-0.05, 0) is 49.2 Å². The summed E-state index contributed by atoms with van der Waals surface area (Å²) in [5, 5.41) is 9.53. The Bertz CT molecular complexity index is 757. The monoisotopic (exact) mass is 295 g/mol. The summed E-state index contributed by atoms with van der Waals surface area (Å²) >= 11 is 0. The van der Waals surface area contributed by atoms with Crippen LogP contribution in [0, 0.1) is 19.7 Å². The highest BCUT2D eigenvalue weighted by molar-refractivity contribution is 7.92. The number of phenols is 1. The molecule has 0 aliphatic heterocycles. The van der Waals surface area contributed by atoms with E-state index >= 15 is 0 Å². The SMILES string of the molecule is Cc1ccc(S(=O)(=O)Nc2ccc(F)cc2O)cc1C. The molecular formula is C14H14FNO3S. The topological polar surface area (TPSA) is 66.4 Å². The van der Waals surface area contributed by atoms with Crippen LogP contribution in [0.4, 0.5) is 10.1 Å². The quantitative estimate of drug-likeness (QED) is 0.856. The molecule has 0 amide bonds. The van der Waals surface area contributed by atoms with Crippen LogP contribution < -0.4 is 4.72 Å². The number of hydrogen-bond acceptors (Lipinski definition) is 3. The van der Waals surface area contributed by atoms with E-state index in [9.17, 15) is 17.9 Å². The Hall–Kier alpha value is -2.08. The third-order valence-corrected chi connectivity index (χ3v) is 4.36. The molecule has 0 aliphatic rings. The van der Waals surface area contributed by atoms with Gasteiger partial charge in [-0.25, -0.2) is 12.8 Å². The molecule has 0 aliphatic carbocycles. The molecule has 2 aromatic carbocycles. The predicted molar refractivity (Wildman–Crippen MR) is 74.8 cm³/mol. The molecular weight excluding hydrogens is 281 g/mol. The second kappa shape index (κ2) is 5.13. The van der Waals surface area contributed by atoms with Gasteiger partial charge in [0.1, 0.15) is 11.6 Å². The summed E-state index contributed by atoms with van der Waals surface area (Å²) in [6.07, 6.45) is 0. The zero-order valence-electron chi connectivity index (χ0n) is 11.0. The number of benzene rings is 2. The number of halogens is 1. The highest BCUT2D eigenvalue weighted by Crippen LogP contribution is 2.26. The maximum Gasteiger partial charge on any atom is 0.262 e. The van der Waals surface area contributed by atoms with Gasteiger partial charge >= 0.3 is 0 Å². The minimum absolute atomic E-state index is 0.0652. The molecule has 6 heteroatoms. The van der Waals surface area contributed by atoms with Gasteiger partial charge in [-0.2, -0.15) is 0 Å². The van der Waals surface area contributed by atoms with Crippen LogP contribution in [0.3, 0.4) is 0 Å². The van der Waals surface area contributed by atoms with Crippen LogP contribution in [0.15, 0.2) is 41.3 Å². The molecule has 20 heavy (non-hydrogen) atoms. The summed E-state index contributed by atoms with van der Waals surface area (Å²) in [5.74, 6) is -1.10. The van der Waals surface area contributed by atoms with E-state index in [0.717, 1.165) is 23.3 Å². The summed E-state index contributed by atoms with van der Waals surface area (Å²) in [5.41, 5.74) is 1.76. The Morgan fingerprint density at radius 3 is 2.35 bits per heavy atom. The van der Waals surface area contributed by atoms with Gasteiger partial charge in [0.15, 0.2) is 0 Å².